The van der Waals surface area contributed by atoms with Gasteiger partial charge in [0, 0.05) is 69.7 Å². The van der Waals surface area contributed by atoms with Crippen LogP contribution in [0, 0.1) is 11.8 Å². The summed E-state index contributed by atoms with van der Waals surface area (Å²) in [5.74, 6) is 1.45. The van der Waals surface area contributed by atoms with Crippen LogP contribution in [-0.2, 0) is 17.9 Å². The lowest BCUT2D eigenvalue weighted by molar-refractivity contribution is -0.128. The van der Waals surface area contributed by atoms with E-state index in [4.69, 9.17) is 0 Å². The molecule has 1 amide bonds. The number of hydrogen-bond donors (Lipinski definition) is 0. The second kappa shape index (κ2) is 9.79. The van der Waals surface area contributed by atoms with E-state index in [0.717, 1.165) is 50.6 Å². The minimum atomic E-state index is 0.270. The molecule has 0 N–H and O–H groups in total. The van der Waals surface area contributed by atoms with Crippen molar-refractivity contribution in [3.05, 3.63) is 41.0 Å². The first-order valence-electron chi connectivity index (χ1n) is 13.3. The van der Waals surface area contributed by atoms with Gasteiger partial charge in [0.05, 0.1) is 0 Å². The van der Waals surface area contributed by atoms with E-state index in [9.17, 15) is 4.79 Å². The van der Waals surface area contributed by atoms with Crippen LogP contribution in [0.3, 0.4) is 0 Å². The molecule has 3 heterocycles. The average molecular weight is 451 g/mol. The standard InChI is InChI=1S/C28H42N4O/c1-21(2)22-5-4-6-23(17-22)28(33)32-19-24-7-8-27(18-25(24)20-32)30-11-9-26(10-12-30)31-15-13-29(3)14-16-31/h7-8,17-18,21-22,26H,4-6,9-16,19-20H2,1-3H3. The Kier molecular flexibility index (Phi) is 6.80. The van der Waals surface area contributed by atoms with E-state index in [-0.39, 0.29) is 5.91 Å². The molecular formula is C28H42N4O. The van der Waals surface area contributed by atoms with Gasteiger partial charge >= 0.3 is 0 Å². The number of hydrogen-bond acceptors (Lipinski definition) is 4. The molecule has 0 spiro atoms. The van der Waals surface area contributed by atoms with E-state index in [2.05, 4.69) is 64.8 Å². The van der Waals surface area contributed by atoms with Gasteiger partial charge in [-0.05, 0) is 74.2 Å². The van der Waals surface area contributed by atoms with Crippen LogP contribution in [0.5, 0.6) is 0 Å². The number of anilines is 1. The third kappa shape index (κ3) is 5.00. The van der Waals surface area contributed by atoms with Crippen LogP contribution in [0.2, 0.25) is 0 Å². The minimum absolute atomic E-state index is 0.270. The monoisotopic (exact) mass is 450 g/mol. The fraction of sp³-hybridized carbons (Fsp3) is 0.679. The molecule has 0 saturated carbocycles. The predicted octanol–water partition coefficient (Wildman–Crippen LogP) is 4.13. The number of amides is 1. The quantitative estimate of drug-likeness (QED) is 0.690. The number of fused-ring (bicyclic) bond motifs is 1. The van der Waals surface area contributed by atoms with Crippen molar-refractivity contribution in [3.63, 3.8) is 0 Å². The van der Waals surface area contributed by atoms with Crippen molar-refractivity contribution in [2.75, 3.05) is 51.2 Å². The van der Waals surface area contributed by atoms with Crippen LogP contribution >= 0.6 is 0 Å². The van der Waals surface area contributed by atoms with Gasteiger partial charge in [0.1, 0.15) is 0 Å². The van der Waals surface area contributed by atoms with Crippen molar-refractivity contribution >= 4 is 11.6 Å². The average Bonchev–Trinajstić information content (AvgIpc) is 3.28. The normalized spacial score (nSPS) is 25.5. The molecule has 180 valence electrons. The molecule has 1 aliphatic carbocycles. The molecule has 2 saturated heterocycles. The van der Waals surface area contributed by atoms with Crippen LogP contribution in [0.4, 0.5) is 5.69 Å². The van der Waals surface area contributed by atoms with Gasteiger partial charge in [-0.3, -0.25) is 9.69 Å². The summed E-state index contributed by atoms with van der Waals surface area (Å²) in [4.78, 5) is 23.1. The number of allylic oxidation sites excluding steroid dienone is 1. The summed E-state index contributed by atoms with van der Waals surface area (Å²) in [6.07, 6.45) is 8.13. The van der Waals surface area contributed by atoms with Gasteiger partial charge in [-0.25, -0.2) is 0 Å². The maximum absolute atomic E-state index is 13.3. The zero-order valence-electron chi connectivity index (χ0n) is 20.9. The van der Waals surface area contributed by atoms with Gasteiger partial charge in [0.15, 0.2) is 0 Å². The second-order valence-electron chi connectivity index (χ2n) is 11.2. The first kappa shape index (κ1) is 22.9. The van der Waals surface area contributed by atoms with Crippen LogP contribution in [0.25, 0.3) is 0 Å². The number of carbonyl (C=O) groups excluding carboxylic acids is 1. The summed E-state index contributed by atoms with van der Waals surface area (Å²) >= 11 is 0. The van der Waals surface area contributed by atoms with Crippen LogP contribution in [0.1, 0.15) is 57.1 Å². The third-order valence-corrected chi connectivity index (χ3v) is 8.61. The topological polar surface area (TPSA) is 30.0 Å². The first-order chi connectivity index (χ1) is 16.0. The zero-order chi connectivity index (χ0) is 22.9. The van der Waals surface area contributed by atoms with Gasteiger partial charge in [0.25, 0.3) is 0 Å². The van der Waals surface area contributed by atoms with Gasteiger partial charge in [0.2, 0.25) is 5.91 Å². The second-order valence-corrected chi connectivity index (χ2v) is 11.2. The Hall–Kier alpha value is -1.85. The van der Waals surface area contributed by atoms with Crippen molar-refractivity contribution in [1.82, 2.24) is 14.7 Å². The molecule has 5 rings (SSSR count). The van der Waals surface area contributed by atoms with Gasteiger partial charge < -0.3 is 14.7 Å². The number of benzene rings is 1. The maximum Gasteiger partial charge on any atom is 0.250 e. The number of carbonyl (C=O) groups is 1. The molecule has 0 aromatic heterocycles. The molecule has 4 aliphatic rings. The fourth-order valence-corrected chi connectivity index (χ4v) is 6.26. The lowest BCUT2D eigenvalue weighted by Crippen LogP contribution is -2.52. The summed E-state index contributed by atoms with van der Waals surface area (Å²) in [6, 6.07) is 7.68. The molecule has 3 aliphatic heterocycles. The summed E-state index contributed by atoms with van der Waals surface area (Å²) < 4.78 is 0. The van der Waals surface area contributed by atoms with E-state index in [0.29, 0.717) is 11.8 Å². The van der Waals surface area contributed by atoms with Gasteiger partial charge in [-0.1, -0.05) is 26.0 Å². The Morgan fingerprint density at radius 1 is 0.939 bits per heavy atom. The summed E-state index contributed by atoms with van der Waals surface area (Å²) in [7, 11) is 2.23. The maximum atomic E-state index is 13.3. The number of rotatable bonds is 4. The van der Waals surface area contributed by atoms with E-state index in [1.54, 1.807) is 0 Å². The van der Waals surface area contributed by atoms with Crippen LogP contribution in [0.15, 0.2) is 29.8 Å². The van der Waals surface area contributed by atoms with Crippen molar-refractivity contribution in [3.8, 4) is 0 Å². The minimum Gasteiger partial charge on any atom is -0.371 e. The molecule has 2 fully saturated rings. The smallest absolute Gasteiger partial charge is 0.250 e. The lowest BCUT2D eigenvalue weighted by atomic mass is 9.83. The van der Waals surface area contributed by atoms with Gasteiger partial charge in [-0.15, -0.1) is 0 Å². The van der Waals surface area contributed by atoms with Crippen LogP contribution < -0.4 is 4.90 Å². The first-order valence-corrected chi connectivity index (χ1v) is 13.3. The Morgan fingerprint density at radius 2 is 1.67 bits per heavy atom. The summed E-state index contributed by atoms with van der Waals surface area (Å²) in [5, 5.41) is 0. The Bertz CT molecular complexity index is 878. The van der Waals surface area contributed by atoms with E-state index < -0.39 is 0 Å². The molecule has 5 heteroatoms. The van der Waals surface area contributed by atoms with Crippen molar-refractivity contribution in [2.45, 2.75) is 65.1 Å². The Labute approximate surface area is 200 Å². The predicted molar refractivity (Wildman–Crippen MR) is 135 cm³/mol. The third-order valence-electron chi connectivity index (χ3n) is 8.61. The number of likely N-dealkylation sites (N-methyl/N-ethyl adjacent to an activating group) is 1. The highest BCUT2D eigenvalue weighted by Crippen LogP contribution is 2.33. The largest absolute Gasteiger partial charge is 0.371 e. The number of piperazine rings is 1. The molecule has 0 radical (unpaired) electrons. The highest BCUT2D eigenvalue weighted by molar-refractivity contribution is 5.94. The molecular weight excluding hydrogens is 408 g/mol. The Balaban J connectivity index is 1.19. The molecule has 0 bridgehead atoms. The van der Waals surface area contributed by atoms with E-state index in [1.807, 2.05) is 0 Å². The number of nitrogens with zero attached hydrogens (tertiary/aromatic N) is 4. The zero-order valence-corrected chi connectivity index (χ0v) is 20.9. The highest BCUT2D eigenvalue weighted by atomic mass is 16.2. The van der Waals surface area contributed by atoms with Crippen molar-refractivity contribution < 1.29 is 4.79 Å². The summed E-state index contributed by atoms with van der Waals surface area (Å²) in [5.41, 5.74) is 5.07. The molecule has 1 unspecified atom stereocenters. The SMILES string of the molecule is CC(C)C1C=C(C(=O)N2Cc3ccc(N4CCC(N5CCN(C)CC5)CC4)cc3C2)CCC1. The molecule has 1 aromatic rings. The van der Waals surface area contributed by atoms with Crippen LogP contribution in [-0.4, -0.2) is 73.0 Å². The Morgan fingerprint density at radius 3 is 2.39 bits per heavy atom. The molecule has 5 nitrogen and oxygen atoms in total. The van der Waals surface area contributed by atoms with Crippen molar-refractivity contribution in [2.24, 2.45) is 11.8 Å². The van der Waals surface area contributed by atoms with E-state index in [1.165, 1.54) is 62.3 Å². The highest BCUT2D eigenvalue weighted by Gasteiger charge is 2.30. The lowest BCUT2D eigenvalue weighted by Gasteiger charge is -2.42. The molecule has 1 aromatic carbocycles. The van der Waals surface area contributed by atoms with Gasteiger partial charge in [-0.2, -0.15) is 0 Å². The molecule has 33 heavy (non-hydrogen) atoms. The number of piperidine rings is 1. The van der Waals surface area contributed by atoms with Crippen molar-refractivity contribution in [1.29, 1.82) is 0 Å². The fourth-order valence-electron chi connectivity index (χ4n) is 6.26. The summed E-state index contributed by atoms with van der Waals surface area (Å²) in [6.45, 7) is 13.2. The van der Waals surface area contributed by atoms with E-state index >= 15 is 0 Å². The molecule has 1 atom stereocenters.